The van der Waals surface area contributed by atoms with Gasteiger partial charge in [0.1, 0.15) is 0 Å². The first-order valence-electron chi connectivity index (χ1n) is 9.63. The van der Waals surface area contributed by atoms with Gasteiger partial charge in [0.15, 0.2) is 11.5 Å². The molecule has 7 nitrogen and oxygen atoms in total. The largest absolute Gasteiger partial charge is 0.493 e. The summed E-state index contributed by atoms with van der Waals surface area (Å²) < 4.78 is 10.7. The predicted octanol–water partition coefficient (Wildman–Crippen LogP) is 4.87. The molecule has 1 fully saturated rings. The van der Waals surface area contributed by atoms with Crippen molar-refractivity contribution < 1.29 is 23.9 Å². The van der Waals surface area contributed by atoms with E-state index in [0.717, 1.165) is 22.2 Å². The molecule has 0 atom stereocenters. The zero-order valence-electron chi connectivity index (χ0n) is 17.3. The molecule has 0 unspecified atom stereocenters. The number of imide groups is 1. The van der Waals surface area contributed by atoms with E-state index in [1.165, 1.54) is 19.2 Å². The summed E-state index contributed by atoms with van der Waals surface area (Å²) in [5, 5.41) is 3.12. The molecule has 0 aromatic heterocycles. The van der Waals surface area contributed by atoms with Crippen molar-refractivity contribution in [3.8, 4) is 11.5 Å². The minimum absolute atomic E-state index is 0.0380. The molecule has 0 saturated carbocycles. The molecule has 1 saturated heterocycles. The predicted molar refractivity (Wildman–Crippen MR) is 126 cm³/mol. The van der Waals surface area contributed by atoms with Crippen LogP contribution in [-0.4, -0.2) is 48.8 Å². The Bertz CT molecular complexity index is 1070. The summed E-state index contributed by atoms with van der Waals surface area (Å²) in [5.74, 6) is -0.131. The molecule has 3 rings (SSSR count). The number of ether oxygens (including phenoxy) is 2. The van der Waals surface area contributed by atoms with E-state index in [4.69, 9.17) is 32.7 Å². The number of benzene rings is 2. The maximum Gasteiger partial charge on any atom is 0.293 e. The maximum absolute atomic E-state index is 12.6. The summed E-state index contributed by atoms with van der Waals surface area (Å²) in [6.45, 7) is 2.33. The molecule has 0 spiro atoms. The van der Waals surface area contributed by atoms with E-state index >= 15 is 0 Å². The van der Waals surface area contributed by atoms with Crippen molar-refractivity contribution in [2.75, 3.05) is 26.8 Å². The topological polar surface area (TPSA) is 84.9 Å². The molecule has 0 aliphatic carbocycles. The number of nitrogens with one attached hydrogen (secondary N) is 1. The van der Waals surface area contributed by atoms with Gasteiger partial charge in [-0.1, -0.05) is 35.3 Å². The van der Waals surface area contributed by atoms with Crippen molar-refractivity contribution in [3.63, 3.8) is 0 Å². The molecule has 1 aliphatic rings. The number of nitrogens with zero attached hydrogens (tertiary/aromatic N) is 1. The molecular formula is C22H20Cl2N2O5S. The van der Waals surface area contributed by atoms with E-state index < -0.39 is 17.1 Å². The molecule has 0 radical (unpaired) electrons. The Morgan fingerprint density at radius 1 is 1.19 bits per heavy atom. The zero-order chi connectivity index (χ0) is 23.3. The smallest absolute Gasteiger partial charge is 0.293 e. The Morgan fingerprint density at radius 3 is 2.56 bits per heavy atom. The third-order valence-electron chi connectivity index (χ3n) is 4.44. The van der Waals surface area contributed by atoms with Crippen molar-refractivity contribution in [1.29, 1.82) is 0 Å². The molecule has 2 aromatic rings. The molecular weight excluding hydrogens is 475 g/mol. The van der Waals surface area contributed by atoms with Gasteiger partial charge in [-0.05, 0) is 54.6 Å². The third-order valence-corrected chi connectivity index (χ3v) is 5.88. The number of rotatable bonds is 8. The van der Waals surface area contributed by atoms with Crippen LogP contribution in [0.1, 0.15) is 22.8 Å². The van der Waals surface area contributed by atoms with Gasteiger partial charge in [0.2, 0.25) is 0 Å². The van der Waals surface area contributed by atoms with Crippen LogP contribution < -0.4 is 14.8 Å². The second-order valence-corrected chi connectivity index (χ2v) is 8.40. The van der Waals surface area contributed by atoms with Gasteiger partial charge in [0.25, 0.3) is 17.1 Å². The second-order valence-electron chi connectivity index (χ2n) is 6.56. The van der Waals surface area contributed by atoms with Gasteiger partial charge in [0.05, 0.1) is 23.6 Å². The SMILES string of the molecule is CCOc1c(Cl)cc(C(=O)NCCN2C(=O)S/C(=C/c3ccc(Cl)cc3)C2=O)cc1OC. The minimum Gasteiger partial charge on any atom is -0.493 e. The van der Waals surface area contributed by atoms with Crippen LogP contribution >= 0.6 is 35.0 Å². The maximum atomic E-state index is 12.6. The minimum atomic E-state index is -0.420. The Labute approximate surface area is 199 Å². The summed E-state index contributed by atoms with van der Waals surface area (Å²) in [6, 6.07) is 9.91. The Morgan fingerprint density at radius 2 is 1.91 bits per heavy atom. The number of methoxy groups -OCH3 is 1. The van der Waals surface area contributed by atoms with Crippen LogP contribution in [0.25, 0.3) is 6.08 Å². The fraction of sp³-hybridized carbons (Fsp3) is 0.227. The van der Waals surface area contributed by atoms with E-state index in [9.17, 15) is 14.4 Å². The van der Waals surface area contributed by atoms with E-state index in [-0.39, 0.29) is 23.7 Å². The summed E-state index contributed by atoms with van der Waals surface area (Å²) in [5.41, 5.74) is 1.03. The number of halogens is 2. The fourth-order valence-electron chi connectivity index (χ4n) is 2.92. The van der Waals surface area contributed by atoms with E-state index in [0.29, 0.717) is 28.0 Å². The lowest BCUT2D eigenvalue weighted by Gasteiger charge is -2.15. The first kappa shape index (κ1) is 24.0. The van der Waals surface area contributed by atoms with Crippen molar-refractivity contribution in [2.45, 2.75) is 6.92 Å². The average Bonchev–Trinajstić information content (AvgIpc) is 3.03. The van der Waals surface area contributed by atoms with Crippen molar-refractivity contribution in [3.05, 3.63) is 62.5 Å². The van der Waals surface area contributed by atoms with Gasteiger partial charge in [-0.2, -0.15) is 0 Å². The van der Waals surface area contributed by atoms with Crippen molar-refractivity contribution in [2.24, 2.45) is 0 Å². The zero-order valence-corrected chi connectivity index (χ0v) is 19.6. The van der Waals surface area contributed by atoms with E-state index in [2.05, 4.69) is 5.32 Å². The molecule has 2 aromatic carbocycles. The Balaban J connectivity index is 1.62. The third kappa shape index (κ3) is 5.56. The molecule has 10 heteroatoms. The highest BCUT2D eigenvalue weighted by molar-refractivity contribution is 8.18. The van der Waals surface area contributed by atoms with Gasteiger partial charge in [-0.15, -0.1) is 0 Å². The van der Waals surface area contributed by atoms with Gasteiger partial charge in [-0.25, -0.2) is 0 Å². The van der Waals surface area contributed by atoms with Crippen molar-refractivity contribution >= 4 is 58.1 Å². The molecule has 1 N–H and O–H groups in total. The number of thioether (sulfide) groups is 1. The monoisotopic (exact) mass is 494 g/mol. The summed E-state index contributed by atoms with van der Waals surface area (Å²) in [4.78, 5) is 38.8. The number of amides is 3. The fourth-order valence-corrected chi connectivity index (χ4v) is 4.18. The van der Waals surface area contributed by atoms with Gasteiger partial charge in [0, 0.05) is 23.7 Å². The Hall–Kier alpha value is -2.68. The number of carbonyl (C=O) groups excluding carboxylic acids is 3. The van der Waals surface area contributed by atoms with Crippen LogP contribution in [0.15, 0.2) is 41.3 Å². The molecule has 0 bridgehead atoms. The Kier molecular flexibility index (Phi) is 8.06. The van der Waals surface area contributed by atoms with Crippen LogP contribution in [0.5, 0.6) is 11.5 Å². The number of carbonyl (C=O) groups is 3. The highest BCUT2D eigenvalue weighted by Crippen LogP contribution is 2.36. The van der Waals surface area contributed by atoms with Crippen molar-refractivity contribution in [1.82, 2.24) is 10.2 Å². The standard InChI is InChI=1S/C22H20Cl2N2O5S/c1-3-31-19-16(24)11-14(12-17(19)30-2)20(27)25-8-9-26-21(28)18(32-22(26)29)10-13-4-6-15(23)7-5-13/h4-7,10-12H,3,8-9H2,1-2H3,(H,25,27)/b18-10+. The average molecular weight is 495 g/mol. The van der Waals surface area contributed by atoms with Gasteiger partial charge >= 0.3 is 0 Å². The lowest BCUT2D eigenvalue weighted by atomic mass is 10.2. The first-order valence-corrected chi connectivity index (χ1v) is 11.2. The van der Waals surface area contributed by atoms with Crippen LogP contribution in [0, 0.1) is 0 Å². The highest BCUT2D eigenvalue weighted by Gasteiger charge is 2.34. The first-order chi connectivity index (χ1) is 15.3. The van der Waals surface area contributed by atoms with E-state index in [1.807, 2.05) is 6.92 Å². The summed E-state index contributed by atoms with van der Waals surface area (Å²) >= 11 is 12.9. The normalized spacial score (nSPS) is 14.8. The van der Waals surface area contributed by atoms with Gasteiger partial charge in [-0.3, -0.25) is 19.3 Å². The molecule has 32 heavy (non-hydrogen) atoms. The van der Waals surface area contributed by atoms with Crippen LogP contribution in [0.4, 0.5) is 4.79 Å². The van der Waals surface area contributed by atoms with Crippen LogP contribution in [0.2, 0.25) is 10.0 Å². The van der Waals surface area contributed by atoms with Crippen LogP contribution in [-0.2, 0) is 4.79 Å². The van der Waals surface area contributed by atoms with Crippen LogP contribution in [0.3, 0.4) is 0 Å². The summed E-state index contributed by atoms with van der Waals surface area (Å²) in [6.07, 6.45) is 1.63. The second kappa shape index (κ2) is 10.8. The lowest BCUT2D eigenvalue weighted by Crippen LogP contribution is -2.37. The summed E-state index contributed by atoms with van der Waals surface area (Å²) in [7, 11) is 1.45. The highest BCUT2D eigenvalue weighted by atomic mass is 35.5. The number of hydrogen-bond donors (Lipinski definition) is 1. The van der Waals surface area contributed by atoms with E-state index in [1.54, 1.807) is 30.3 Å². The molecule has 3 amide bonds. The molecule has 1 heterocycles. The quantitative estimate of drug-likeness (QED) is 0.527. The number of hydrogen-bond acceptors (Lipinski definition) is 6. The molecule has 168 valence electrons. The van der Waals surface area contributed by atoms with Gasteiger partial charge < -0.3 is 14.8 Å². The molecule has 1 aliphatic heterocycles. The lowest BCUT2D eigenvalue weighted by molar-refractivity contribution is -0.122.